The smallest absolute Gasteiger partial charge is 0.00385 e. The summed E-state index contributed by atoms with van der Waals surface area (Å²) in [5.74, 6) is 0.654. The second kappa shape index (κ2) is 16.2. The molecule has 1 aromatic carbocycles. The fraction of sp³-hybridized carbons (Fsp3) is 0.700. The number of hydrogen-bond donors (Lipinski definition) is 0. The Hall–Kier alpha value is 0.284. The third-order valence-corrected chi connectivity index (χ3v) is 3.68. The Morgan fingerprint density at radius 1 is 0.864 bits per heavy atom. The van der Waals surface area contributed by atoms with Crippen LogP contribution in [0, 0.1) is 6.92 Å². The quantitative estimate of drug-likeness (QED) is 0.561. The van der Waals surface area contributed by atoms with Gasteiger partial charge in [-0.3, -0.25) is 0 Å². The summed E-state index contributed by atoms with van der Waals surface area (Å²) in [5, 5.41) is 0. The van der Waals surface area contributed by atoms with Crippen molar-refractivity contribution < 1.29 is 32.7 Å². The number of hydrogen-bond acceptors (Lipinski definition) is 1. The minimum Gasteiger partial charge on any atom is -0.301 e. The third-order valence-electron chi connectivity index (χ3n) is 3.68. The molecule has 1 aromatic rings. The average Bonchev–Trinajstić information content (AvgIpc) is 2.83. The zero-order valence-corrected chi connectivity index (χ0v) is 16.2. The summed E-state index contributed by atoms with van der Waals surface area (Å²) in [6, 6.07) is 9.32. The van der Waals surface area contributed by atoms with Gasteiger partial charge in [0.05, 0.1) is 0 Å². The molecule has 0 bridgehead atoms. The molecule has 0 atom stereocenters. The van der Waals surface area contributed by atoms with Crippen molar-refractivity contribution in [3.63, 3.8) is 0 Å². The molecule has 1 radical (unpaired) electrons. The van der Waals surface area contributed by atoms with Gasteiger partial charge in [-0.05, 0) is 63.7 Å². The largest absolute Gasteiger partial charge is 0.301 e. The van der Waals surface area contributed by atoms with Crippen molar-refractivity contribution in [3.8, 4) is 0 Å². The molecule has 2 heteroatoms. The van der Waals surface area contributed by atoms with E-state index in [4.69, 9.17) is 0 Å². The van der Waals surface area contributed by atoms with Crippen LogP contribution in [-0.2, 0) is 32.7 Å². The summed E-state index contributed by atoms with van der Waals surface area (Å²) in [5.41, 5.74) is 2.86. The summed E-state index contributed by atoms with van der Waals surface area (Å²) in [6.45, 7) is 13.8. The first-order chi connectivity index (χ1) is 8.52. The Morgan fingerprint density at radius 3 is 1.59 bits per heavy atom. The number of benzene rings is 1. The van der Waals surface area contributed by atoms with E-state index >= 15 is 0 Å². The SMILES string of the molecule is C.C.C.CC(C)N1CCCC1.Cc1ccccc1C(C)C.[Y]. The first-order valence-corrected chi connectivity index (χ1v) is 7.32. The van der Waals surface area contributed by atoms with Crippen molar-refractivity contribution in [2.24, 2.45) is 0 Å². The Morgan fingerprint density at radius 2 is 1.32 bits per heavy atom. The Balaban J connectivity index is -0.000000126. The van der Waals surface area contributed by atoms with Crippen molar-refractivity contribution in [2.75, 3.05) is 13.1 Å². The van der Waals surface area contributed by atoms with E-state index in [-0.39, 0.29) is 55.0 Å². The van der Waals surface area contributed by atoms with E-state index in [1.165, 1.54) is 37.1 Å². The molecule has 22 heavy (non-hydrogen) atoms. The van der Waals surface area contributed by atoms with Gasteiger partial charge in [-0.1, -0.05) is 60.4 Å². The minimum atomic E-state index is 0. The maximum atomic E-state index is 2.53. The molecule has 1 aliphatic heterocycles. The van der Waals surface area contributed by atoms with Gasteiger partial charge in [-0.25, -0.2) is 0 Å². The molecular weight excluding hydrogens is 343 g/mol. The molecule has 0 aromatic heterocycles. The maximum Gasteiger partial charge on any atom is 0.00385 e. The van der Waals surface area contributed by atoms with Gasteiger partial charge in [0, 0.05) is 38.8 Å². The monoisotopic (exact) mass is 384 g/mol. The molecule has 0 saturated carbocycles. The van der Waals surface area contributed by atoms with Crippen LogP contribution >= 0.6 is 0 Å². The van der Waals surface area contributed by atoms with Crippen molar-refractivity contribution in [3.05, 3.63) is 35.4 Å². The number of rotatable bonds is 2. The van der Waals surface area contributed by atoms with Crippen LogP contribution in [0.4, 0.5) is 0 Å². The minimum absolute atomic E-state index is 0. The zero-order valence-electron chi connectivity index (χ0n) is 13.3. The number of nitrogens with zero attached hydrogens (tertiary/aromatic N) is 1. The third kappa shape index (κ3) is 10.9. The molecule has 2 rings (SSSR count). The van der Waals surface area contributed by atoms with Gasteiger partial charge in [-0.2, -0.15) is 0 Å². The van der Waals surface area contributed by atoms with Crippen LogP contribution in [-0.4, -0.2) is 24.0 Å². The van der Waals surface area contributed by atoms with Crippen LogP contribution in [0.5, 0.6) is 0 Å². The van der Waals surface area contributed by atoms with Gasteiger partial charge < -0.3 is 4.90 Å². The zero-order chi connectivity index (χ0) is 13.5. The van der Waals surface area contributed by atoms with E-state index in [2.05, 4.69) is 63.8 Å². The van der Waals surface area contributed by atoms with Gasteiger partial charge in [0.1, 0.15) is 0 Å². The van der Waals surface area contributed by atoms with Crippen molar-refractivity contribution >= 4 is 0 Å². The molecule has 0 N–H and O–H groups in total. The number of aryl methyl sites for hydroxylation is 1. The van der Waals surface area contributed by atoms with Crippen molar-refractivity contribution in [2.45, 2.75) is 81.7 Å². The Kier molecular flexibility index (Phi) is 22.2. The van der Waals surface area contributed by atoms with Gasteiger partial charge in [0.25, 0.3) is 0 Å². The first-order valence-electron chi connectivity index (χ1n) is 7.32. The average molecular weight is 384 g/mol. The molecule has 1 aliphatic rings. The fourth-order valence-electron chi connectivity index (χ4n) is 2.49. The van der Waals surface area contributed by atoms with E-state index in [9.17, 15) is 0 Å². The standard InChI is InChI=1S/C10H14.C7H15N.3CH4.Y/c1-8(2)10-7-5-4-6-9(10)3;1-7(2)8-5-3-4-6-8;;;;/h4-8H,1-3H3;7H,3-6H2,1-2H3;3*1H4;. The van der Waals surface area contributed by atoms with E-state index in [0.717, 1.165) is 6.04 Å². The topological polar surface area (TPSA) is 3.24 Å². The Labute approximate surface area is 167 Å². The van der Waals surface area contributed by atoms with E-state index in [1.54, 1.807) is 0 Å². The van der Waals surface area contributed by atoms with E-state index in [1.807, 2.05) is 0 Å². The second-order valence-corrected chi connectivity index (χ2v) is 5.85. The van der Waals surface area contributed by atoms with Gasteiger partial charge >= 0.3 is 0 Å². The summed E-state index contributed by atoms with van der Waals surface area (Å²) < 4.78 is 0. The first kappa shape index (κ1) is 30.2. The molecular formula is C20H41NY. The van der Waals surface area contributed by atoms with Crippen LogP contribution < -0.4 is 0 Å². The van der Waals surface area contributed by atoms with Crippen LogP contribution in [0.25, 0.3) is 0 Å². The van der Waals surface area contributed by atoms with Crippen LogP contribution in [0.15, 0.2) is 24.3 Å². The molecule has 0 unspecified atom stereocenters. The van der Waals surface area contributed by atoms with Gasteiger partial charge in [0.2, 0.25) is 0 Å². The van der Waals surface area contributed by atoms with Crippen molar-refractivity contribution in [1.82, 2.24) is 4.90 Å². The van der Waals surface area contributed by atoms with Gasteiger partial charge in [0.15, 0.2) is 0 Å². The fourth-order valence-corrected chi connectivity index (χ4v) is 2.49. The van der Waals surface area contributed by atoms with Crippen LogP contribution in [0.3, 0.4) is 0 Å². The summed E-state index contributed by atoms with van der Waals surface area (Å²) in [6.07, 6.45) is 2.83. The van der Waals surface area contributed by atoms with Crippen LogP contribution in [0.2, 0.25) is 0 Å². The molecule has 1 heterocycles. The molecule has 0 amide bonds. The molecule has 1 nitrogen and oxygen atoms in total. The van der Waals surface area contributed by atoms with Gasteiger partial charge in [-0.15, -0.1) is 0 Å². The molecule has 1 saturated heterocycles. The Bertz CT molecular complexity index is 341. The summed E-state index contributed by atoms with van der Waals surface area (Å²) in [7, 11) is 0. The summed E-state index contributed by atoms with van der Waals surface area (Å²) >= 11 is 0. The maximum absolute atomic E-state index is 2.53. The molecule has 1 fully saturated rings. The molecule has 0 spiro atoms. The summed E-state index contributed by atoms with van der Waals surface area (Å²) in [4.78, 5) is 2.53. The predicted octanol–water partition coefficient (Wildman–Crippen LogP) is 6.51. The second-order valence-electron chi connectivity index (χ2n) is 5.85. The normalized spacial score (nSPS) is 13.0. The van der Waals surface area contributed by atoms with E-state index in [0.29, 0.717) is 5.92 Å². The molecule has 129 valence electrons. The predicted molar refractivity (Wildman–Crippen MR) is 101 cm³/mol. The van der Waals surface area contributed by atoms with Crippen molar-refractivity contribution in [1.29, 1.82) is 0 Å². The van der Waals surface area contributed by atoms with E-state index < -0.39 is 0 Å². The molecule has 0 aliphatic carbocycles. The number of likely N-dealkylation sites (tertiary alicyclic amines) is 1. The van der Waals surface area contributed by atoms with Crippen LogP contribution in [0.1, 0.15) is 79.9 Å².